The van der Waals surface area contributed by atoms with Gasteiger partial charge >= 0.3 is 5.97 Å². The largest absolute Gasteiger partial charge is 0.497 e. The van der Waals surface area contributed by atoms with Gasteiger partial charge in [0.1, 0.15) is 18.7 Å². The Hall–Kier alpha value is -3.80. The monoisotopic (exact) mass is 880 g/mol. The molecule has 1 aliphatic heterocycles. The van der Waals surface area contributed by atoms with Gasteiger partial charge in [0.2, 0.25) is 5.88 Å². The number of esters is 1. The molecule has 11 heteroatoms. The van der Waals surface area contributed by atoms with E-state index in [0.29, 0.717) is 49.4 Å². The van der Waals surface area contributed by atoms with Gasteiger partial charge in [-0.05, 0) is 122 Å². The van der Waals surface area contributed by atoms with Gasteiger partial charge in [0.25, 0.3) is 0 Å². The van der Waals surface area contributed by atoms with E-state index in [1.54, 1.807) is 32.3 Å². The minimum Gasteiger partial charge on any atom is -0.497 e. The smallest absolute Gasteiger partial charge is 0.310 e. The fraction of sp³-hybridized carbons (Fsp3) is 0.698. The fourth-order valence-electron chi connectivity index (χ4n) is 14.2. The summed E-state index contributed by atoms with van der Waals surface area (Å²) in [5.74, 6) is 3.51. The van der Waals surface area contributed by atoms with Crippen LogP contribution >= 0.6 is 0 Å². The van der Waals surface area contributed by atoms with Gasteiger partial charge in [0.15, 0.2) is 5.82 Å². The highest BCUT2D eigenvalue weighted by atomic mass is 16.5. The average molecular weight is 880 g/mol. The molecule has 0 unspecified atom stereocenters. The number of nitrogens with zero attached hydrogens (tertiary/aromatic N) is 4. The van der Waals surface area contributed by atoms with Crippen molar-refractivity contribution in [3.05, 3.63) is 66.1 Å². The van der Waals surface area contributed by atoms with Crippen molar-refractivity contribution in [1.82, 2.24) is 25.1 Å². The number of likely N-dealkylation sites (N-methyl/N-ethyl adjacent to an activating group) is 1. The maximum atomic E-state index is 15.1. The van der Waals surface area contributed by atoms with E-state index in [1.807, 2.05) is 43.4 Å². The number of fused-ring (bicyclic) bond motifs is 3. The van der Waals surface area contributed by atoms with Crippen LogP contribution < -0.4 is 14.8 Å². The predicted molar refractivity (Wildman–Crippen MR) is 250 cm³/mol. The molecule has 2 aromatic heterocycles. The van der Waals surface area contributed by atoms with Crippen LogP contribution in [0, 0.1) is 62.6 Å². The molecule has 0 amide bonds. The topological polar surface area (TPSA) is 119 Å². The van der Waals surface area contributed by atoms with E-state index in [1.165, 1.54) is 0 Å². The van der Waals surface area contributed by atoms with Crippen LogP contribution in [-0.2, 0) is 25.6 Å². The van der Waals surface area contributed by atoms with Crippen LogP contribution in [0.25, 0.3) is 11.4 Å². The summed E-state index contributed by atoms with van der Waals surface area (Å²) in [5, 5.41) is 8.67. The highest BCUT2D eigenvalue weighted by Gasteiger charge is 2.72. The number of hydrogen-bond donors (Lipinski definition) is 1. The van der Waals surface area contributed by atoms with Crippen LogP contribution in [0.2, 0.25) is 0 Å². The zero-order valence-electron chi connectivity index (χ0n) is 41.1. The quantitative estimate of drug-likeness (QED) is 0.124. The van der Waals surface area contributed by atoms with Gasteiger partial charge in [-0.25, -0.2) is 14.6 Å². The van der Waals surface area contributed by atoms with Crippen molar-refractivity contribution in [3.8, 4) is 23.0 Å². The second-order valence-corrected chi connectivity index (χ2v) is 22.4. The van der Waals surface area contributed by atoms with Crippen LogP contribution in [0.15, 0.2) is 60.6 Å². The van der Waals surface area contributed by atoms with Crippen LogP contribution in [0.1, 0.15) is 119 Å². The normalized spacial score (nSPS) is 35.9. The molecule has 0 radical (unpaired) electrons. The number of pyridine rings is 1. The van der Waals surface area contributed by atoms with E-state index >= 15 is 4.79 Å². The van der Waals surface area contributed by atoms with Crippen LogP contribution in [0.5, 0.6) is 11.6 Å². The first-order valence-electron chi connectivity index (χ1n) is 24.1. The standard InChI is InChI=1S/C53H77N5O6/c1-33(2)35(5)48(6)23-24-50(8)39-18-19-42-49(7)29-62-31-53(42,40(39)20-22-51(50,9)44(48)47(59)63-28-36-14-16-38(60-12)17-15-36)27-41(45(49)64-30-52(10,54-11)34(3)4)58-46(56-32-57-58)37-21-25-55-43(26-37)61-13/h14-17,20-21,25-26,32-35,39,41-42,44-45,54H,18-19,22-24,27-31H2,1-13H3/t35-,39+,41-,42+,44-,45+,48-,49+,50-,51+,52+,53+/m1/s1. The molecule has 1 aromatic carbocycles. The molecule has 4 fully saturated rings. The molecule has 0 spiro atoms. The van der Waals surface area contributed by atoms with Gasteiger partial charge in [-0.3, -0.25) is 4.79 Å². The summed E-state index contributed by atoms with van der Waals surface area (Å²) in [6, 6.07) is 11.7. The molecule has 1 saturated heterocycles. The third-order valence-corrected chi connectivity index (χ3v) is 19.1. The number of methoxy groups -OCH3 is 2. The summed E-state index contributed by atoms with van der Waals surface area (Å²) < 4.78 is 33.9. The Morgan fingerprint density at radius 3 is 2.39 bits per heavy atom. The minimum atomic E-state index is -0.329. The van der Waals surface area contributed by atoms with E-state index < -0.39 is 0 Å². The molecule has 350 valence electrons. The molecule has 11 nitrogen and oxygen atoms in total. The Bertz CT molecular complexity index is 2190. The van der Waals surface area contributed by atoms with Gasteiger partial charge in [-0.2, -0.15) is 5.10 Å². The van der Waals surface area contributed by atoms with E-state index in [4.69, 9.17) is 33.8 Å². The maximum Gasteiger partial charge on any atom is 0.310 e. The van der Waals surface area contributed by atoms with E-state index in [-0.39, 0.29) is 69.2 Å². The van der Waals surface area contributed by atoms with Crippen molar-refractivity contribution >= 4 is 5.97 Å². The van der Waals surface area contributed by atoms with Gasteiger partial charge in [0, 0.05) is 34.2 Å². The number of hydrogen-bond acceptors (Lipinski definition) is 10. The fourth-order valence-corrected chi connectivity index (χ4v) is 14.2. The zero-order valence-corrected chi connectivity index (χ0v) is 41.1. The number of allylic oxidation sites excluding steroid dienone is 1. The third kappa shape index (κ3) is 7.24. The van der Waals surface area contributed by atoms with E-state index in [0.717, 1.165) is 61.2 Å². The lowest BCUT2D eigenvalue weighted by molar-refractivity contribution is -0.253. The Morgan fingerprint density at radius 2 is 1.72 bits per heavy atom. The summed E-state index contributed by atoms with van der Waals surface area (Å²) >= 11 is 0. The number of benzene rings is 1. The van der Waals surface area contributed by atoms with Gasteiger partial charge in [0.05, 0.1) is 52.1 Å². The van der Waals surface area contributed by atoms with Gasteiger partial charge in [-0.15, -0.1) is 0 Å². The van der Waals surface area contributed by atoms with E-state index in [9.17, 15) is 0 Å². The van der Waals surface area contributed by atoms with Crippen molar-refractivity contribution in [1.29, 1.82) is 0 Å². The molecular weight excluding hydrogens is 803 g/mol. The Labute approximate surface area is 383 Å². The Kier molecular flexibility index (Phi) is 12.5. The first kappa shape index (κ1) is 46.7. The summed E-state index contributed by atoms with van der Waals surface area (Å²) in [6.07, 6.45) is 11.7. The third-order valence-electron chi connectivity index (χ3n) is 19.1. The molecule has 8 rings (SSSR count). The molecule has 4 aliphatic carbocycles. The van der Waals surface area contributed by atoms with Crippen molar-refractivity contribution in [3.63, 3.8) is 0 Å². The van der Waals surface area contributed by atoms with Crippen molar-refractivity contribution in [2.45, 2.75) is 132 Å². The van der Waals surface area contributed by atoms with Crippen molar-refractivity contribution in [2.24, 2.45) is 62.6 Å². The Balaban J connectivity index is 1.22. The number of ether oxygens (including phenoxy) is 5. The van der Waals surface area contributed by atoms with Crippen LogP contribution in [-0.4, -0.2) is 78.4 Å². The number of aromatic nitrogens is 4. The molecule has 5 aliphatic rings. The Morgan fingerprint density at radius 1 is 0.969 bits per heavy atom. The van der Waals surface area contributed by atoms with Crippen LogP contribution in [0.3, 0.4) is 0 Å². The number of rotatable bonds is 14. The first-order valence-corrected chi connectivity index (χ1v) is 24.1. The average Bonchev–Trinajstić information content (AvgIpc) is 3.78. The molecule has 3 heterocycles. The first-order chi connectivity index (χ1) is 30.4. The predicted octanol–water partition coefficient (Wildman–Crippen LogP) is 10.2. The van der Waals surface area contributed by atoms with Crippen LogP contribution in [0.4, 0.5) is 0 Å². The van der Waals surface area contributed by atoms with Gasteiger partial charge < -0.3 is 29.0 Å². The lowest BCUT2D eigenvalue weighted by atomic mass is 9.34. The van der Waals surface area contributed by atoms with E-state index in [2.05, 4.69) is 90.3 Å². The summed E-state index contributed by atoms with van der Waals surface area (Å²) in [7, 11) is 5.35. The molecule has 3 saturated carbocycles. The SMILES string of the molecule is CN[C@@](C)(CO[C@H]1[C@H](n2ncnc2-c2ccnc(OC)c2)C[C@@]23COC[C@@]1(C)[C@@H]2CC[C@H]1C3=CC[C@@]2(C)[C@H](C(=O)OCc3ccc(OC)cc3)[C@@](C)([C@H](C)C(C)C)CC[C@]12C)C(C)C. The highest BCUT2D eigenvalue weighted by molar-refractivity contribution is 5.75. The second-order valence-electron chi connectivity index (χ2n) is 22.4. The highest BCUT2D eigenvalue weighted by Crippen LogP contribution is 2.75. The lowest BCUT2D eigenvalue weighted by Crippen LogP contribution is -2.69. The maximum absolute atomic E-state index is 15.1. The number of nitrogens with one attached hydrogen (secondary N) is 1. The summed E-state index contributed by atoms with van der Waals surface area (Å²) in [4.78, 5) is 24.4. The second kappa shape index (κ2) is 17.1. The molecular formula is C53H77N5O6. The van der Waals surface area contributed by atoms with Crippen molar-refractivity contribution in [2.75, 3.05) is 41.1 Å². The molecule has 12 atom stereocenters. The summed E-state index contributed by atoms with van der Waals surface area (Å²) in [6.45, 7) is 25.7. The lowest BCUT2D eigenvalue weighted by Gasteiger charge is -2.71. The minimum absolute atomic E-state index is 0.0596. The van der Waals surface area contributed by atoms with Gasteiger partial charge in [-0.1, -0.05) is 86.1 Å². The molecule has 2 bridgehead atoms. The zero-order chi connectivity index (χ0) is 46.0. The van der Waals surface area contributed by atoms with Crippen molar-refractivity contribution < 1.29 is 28.5 Å². The number of carbonyl (C=O) groups excluding carboxylic acids is 1. The summed E-state index contributed by atoms with van der Waals surface area (Å²) in [5.41, 5.74) is 1.91. The number of carbonyl (C=O) groups is 1. The molecule has 64 heavy (non-hydrogen) atoms. The molecule has 1 N–H and O–H groups in total. The molecule has 3 aromatic rings.